The van der Waals surface area contributed by atoms with Crippen LogP contribution < -0.4 is 10.9 Å². The van der Waals surface area contributed by atoms with Gasteiger partial charge in [0.15, 0.2) is 0 Å². The molecule has 2 heterocycles. The van der Waals surface area contributed by atoms with Gasteiger partial charge >= 0.3 is 5.97 Å². The molecule has 4 rings (SSSR count). The molecular formula is C22H21N5O4. The summed E-state index contributed by atoms with van der Waals surface area (Å²) in [7, 11) is 1.30. The van der Waals surface area contributed by atoms with Gasteiger partial charge in [0.1, 0.15) is 12.4 Å². The van der Waals surface area contributed by atoms with Crippen molar-refractivity contribution in [2.45, 2.75) is 26.3 Å². The highest BCUT2D eigenvalue weighted by Gasteiger charge is 2.19. The summed E-state index contributed by atoms with van der Waals surface area (Å²) < 4.78 is 7.81. The minimum Gasteiger partial charge on any atom is -0.465 e. The van der Waals surface area contributed by atoms with Gasteiger partial charge in [-0.2, -0.15) is 0 Å². The van der Waals surface area contributed by atoms with Crippen molar-refractivity contribution in [3.05, 3.63) is 70.3 Å². The van der Waals surface area contributed by atoms with Crippen molar-refractivity contribution in [3.63, 3.8) is 0 Å². The monoisotopic (exact) mass is 419 g/mol. The molecule has 9 heteroatoms. The second-order valence-electron chi connectivity index (χ2n) is 7.37. The summed E-state index contributed by atoms with van der Waals surface area (Å²) in [5.74, 6) is -0.0835. The fourth-order valence-electron chi connectivity index (χ4n) is 3.47. The van der Waals surface area contributed by atoms with Crippen LogP contribution in [0.4, 0.5) is 5.69 Å². The van der Waals surface area contributed by atoms with E-state index in [0.717, 1.165) is 5.52 Å². The first-order valence-corrected chi connectivity index (χ1v) is 9.75. The van der Waals surface area contributed by atoms with Crippen molar-refractivity contribution in [2.75, 3.05) is 12.4 Å². The first kappa shape index (κ1) is 20.3. The molecule has 0 atom stereocenters. The van der Waals surface area contributed by atoms with Crippen molar-refractivity contribution >= 4 is 34.2 Å². The molecule has 1 amide bonds. The fourth-order valence-corrected chi connectivity index (χ4v) is 3.47. The SMILES string of the molecule is COC(=O)c1ccc(NC(=O)Cn2c(=O)c3nnc(C(C)C)n3c3ccccc32)cc1. The van der Waals surface area contributed by atoms with Gasteiger partial charge in [0.2, 0.25) is 11.6 Å². The summed E-state index contributed by atoms with van der Waals surface area (Å²) in [4.78, 5) is 37.4. The lowest BCUT2D eigenvalue weighted by atomic mass is 10.2. The Morgan fingerprint density at radius 1 is 1.03 bits per heavy atom. The van der Waals surface area contributed by atoms with E-state index in [9.17, 15) is 14.4 Å². The maximum atomic E-state index is 13.1. The van der Waals surface area contributed by atoms with Gasteiger partial charge in [0.25, 0.3) is 5.56 Å². The Morgan fingerprint density at radius 3 is 2.35 bits per heavy atom. The van der Waals surface area contributed by atoms with E-state index in [1.165, 1.54) is 11.7 Å². The highest BCUT2D eigenvalue weighted by molar-refractivity contribution is 5.93. The summed E-state index contributed by atoms with van der Waals surface area (Å²) in [6.07, 6.45) is 0. The van der Waals surface area contributed by atoms with Crippen LogP contribution in [0.5, 0.6) is 0 Å². The number of carbonyl (C=O) groups excluding carboxylic acids is 2. The fraction of sp³-hybridized carbons (Fsp3) is 0.227. The Bertz CT molecular complexity index is 1350. The first-order valence-electron chi connectivity index (χ1n) is 9.75. The minimum atomic E-state index is -0.460. The van der Waals surface area contributed by atoms with Gasteiger partial charge in [-0.05, 0) is 36.4 Å². The number of carbonyl (C=O) groups is 2. The Balaban J connectivity index is 1.69. The molecule has 0 saturated carbocycles. The molecule has 0 saturated heterocycles. The lowest BCUT2D eigenvalue weighted by molar-refractivity contribution is -0.116. The molecule has 2 aromatic carbocycles. The number of ether oxygens (including phenoxy) is 1. The van der Waals surface area contributed by atoms with E-state index >= 15 is 0 Å². The maximum absolute atomic E-state index is 13.1. The third-order valence-corrected chi connectivity index (χ3v) is 4.95. The van der Waals surface area contributed by atoms with E-state index in [1.54, 1.807) is 34.7 Å². The molecule has 0 aliphatic heterocycles. The molecule has 31 heavy (non-hydrogen) atoms. The number of hydrogen-bond acceptors (Lipinski definition) is 6. The Kier molecular flexibility index (Phi) is 5.24. The number of benzene rings is 2. The summed E-state index contributed by atoms with van der Waals surface area (Å²) in [5, 5.41) is 11.0. The van der Waals surface area contributed by atoms with Gasteiger partial charge in [0, 0.05) is 11.6 Å². The number of amides is 1. The molecule has 0 bridgehead atoms. The number of methoxy groups -OCH3 is 1. The topological polar surface area (TPSA) is 108 Å². The summed E-state index contributed by atoms with van der Waals surface area (Å²) >= 11 is 0. The van der Waals surface area contributed by atoms with E-state index in [-0.39, 0.29) is 24.0 Å². The molecule has 1 N–H and O–H groups in total. The number of esters is 1. The molecule has 9 nitrogen and oxygen atoms in total. The predicted octanol–water partition coefficient (Wildman–Crippen LogP) is 2.59. The zero-order valence-corrected chi connectivity index (χ0v) is 17.3. The highest BCUT2D eigenvalue weighted by atomic mass is 16.5. The van der Waals surface area contributed by atoms with Crippen LogP contribution in [-0.2, 0) is 16.1 Å². The molecule has 158 valence electrons. The number of hydrogen-bond donors (Lipinski definition) is 1. The van der Waals surface area contributed by atoms with Gasteiger partial charge in [0.05, 0.1) is 23.7 Å². The van der Waals surface area contributed by atoms with Crippen LogP contribution in [0.1, 0.15) is 35.9 Å². The molecule has 0 unspecified atom stereocenters. The quantitative estimate of drug-likeness (QED) is 0.498. The van der Waals surface area contributed by atoms with Crippen molar-refractivity contribution in [3.8, 4) is 0 Å². The van der Waals surface area contributed by atoms with E-state index in [1.807, 2.05) is 32.0 Å². The Morgan fingerprint density at radius 2 is 1.71 bits per heavy atom. The molecule has 0 radical (unpaired) electrons. The zero-order valence-electron chi connectivity index (χ0n) is 17.3. The minimum absolute atomic E-state index is 0.0740. The van der Waals surface area contributed by atoms with Gasteiger partial charge in [-0.3, -0.25) is 18.6 Å². The van der Waals surface area contributed by atoms with Crippen LogP contribution in [0.3, 0.4) is 0 Å². The predicted molar refractivity (Wildman–Crippen MR) is 115 cm³/mol. The standard InChI is InChI=1S/C22H21N5O4/c1-13(2)19-24-25-20-21(29)26(16-6-4-5-7-17(16)27(19)20)12-18(28)23-15-10-8-14(9-11-15)22(30)31-3/h4-11,13H,12H2,1-3H3,(H,23,28). The van der Waals surface area contributed by atoms with Gasteiger partial charge < -0.3 is 10.1 Å². The zero-order chi connectivity index (χ0) is 22.1. The van der Waals surface area contributed by atoms with E-state index in [0.29, 0.717) is 22.6 Å². The Labute approximate surface area is 177 Å². The normalized spacial score (nSPS) is 11.2. The molecule has 2 aromatic heterocycles. The molecule has 0 spiro atoms. The number of nitrogens with zero attached hydrogens (tertiary/aromatic N) is 4. The molecule has 4 aromatic rings. The van der Waals surface area contributed by atoms with Crippen molar-refractivity contribution in [1.82, 2.24) is 19.2 Å². The molecule has 0 aliphatic carbocycles. The van der Waals surface area contributed by atoms with E-state index in [2.05, 4.69) is 20.3 Å². The summed E-state index contributed by atoms with van der Waals surface area (Å²) in [5.41, 5.74) is 2.02. The maximum Gasteiger partial charge on any atom is 0.337 e. The van der Waals surface area contributed by atoms with E-state index in [4.69, 9.17) is 0 Å². The van der Waals surface area contributed by atoms with Crippen molar-refractivity contribution in [2.24, 2.45) is 0 Å². The number of anilines is 1. The third kappa shape index (κ3) is 3.65. The lowest BCUT2D eigenvalue weighted by Gasteiger charge is -2.13. The van der Waals surface area contributed by atoms with Crippen LogP contribution in [0.25, 0.3) is 16.7 Å². The molecule has 0 fully saturated rings. The number of aromatic nitrogens is 4. The molecular weight excluding hydrogens is 398 g/mol. The number of fused-ring (bicyclic) bond motifs is 3. The van der Waals surface area contributed by atoms with Crippen LogP contribution in [0.2, 0.25) is 0 Å². The van der Waals surface area contributed by atoms with Crippen LogP contribution in [0, 0.1) is 0 Å². The number of nitrogens with one attached hydrogen (secondary N) is 1. The smallest absolute Gasteiger partial charge is 0.337 e. The highest BCUT2D eigenvalue weighted by Crippen LogP contribution is 2.19. The van der Waals surface area contributed by atoms with Gasteiger partial charge in [-0.15, -0.1) is 10.2 Å². The summed E-state index contributed by atoms with van der Waals surface area (Å²) in [6, 6.07) is 13.6. The number of rotatable bonds is 5. The average molecular weight is 419 g/mol. The number of para-hydroxylation sites is 2. The van der Waals surface area contributed by atoms with Crippen LogP contribution in [0.15, 0.2) is 53.3 Å². The second-order valence-corrected chi connectivity index (χ2v) is 7.37. The van der Waals surface area contributed by atoms with Gasteiger partial charge in [-0.25, -0.2) is 4.79 Å². The summed E-state index contributed by atoms with van der Waals surface area (Å²) in [6.45, 7) is 3.77. The third-order valence-electron chi connectivity index (χ3n) is 4.95. The average Bonchev–Trinajstić information content (AvgIpc) is 3.22. The van der Waals surface area contributed by atoms with Crippen molar-refractivity contribution < 1.29 is 14.3 Å². The van der Waals surface area contributed by atoms with Crippen LogP contribution in [-0.4, -0.2) is 38.2 Å². The van der Waals surface area contributed by atoms with Gasteiger partial charge in [-0.1, -0.05) is 26.0 Å². The second kappa shape index (κ2) is 8.02. The first-order chi connectivity index (χ1) is 14.9. The van der Waals surface area contributed by atoms with E-state index < -0.39 is 11.5 Å². The van der Waals surface area contributed by atoms with Crippen LogP contribution >= 0.6 is 0 Å². The molecule has 0 aliphatic rings. The van der Waals surface area contributed by atoms with Crippen molar-refractivity contribution in [1.29, 1.82) is 0 Å². The largest absolute Gasteiger partial charge is 0.465 e. The Hall–Kier alpha value is -4.01. The lowest BCUT2D eigenvalue weighted by Crippen LogP contribution is -2.29.